The highest BCUT2D eigenvalue weighted by molar-refractivity contribution is 5.85. The van der Waals surface area contributed by atoms with Crippen LogP contribution in [0.2, 0.25) is 0 Å². The molecule has 1 saturated carbocycles. The summed E-state index contributed by atoms with van der Waals surface area (Å²) in [6, 6.07) is 18.9. The van der Waals surface area contributed by atoms with Crippen LogP contribution in [0.1, 0.15) is 38.1 Å². The van der Waals surface area contributed by atoms with Crippen LogP contribution < -0.4 is 5.32 Å². The third-order valence-corrected chi connectivity index (χ3v) is 6.13. The highest BCUT2D eigenvalue weighted by Crippen LogP contribution is 2.27. The number of amides is 1. The van der Waals surface area contributed by atoms with E-state index in [1.54, 1.807) is 10.8 Å². The molecule has 1 aliphatic carbocycles. The first-order chi connectivity index (χ1) is 15.5. The van der Waals surface area contributed by atoms with Crippen LogP contribution in [0.25, 0.3) is 22.3 Å². The number of aromatic nitrogens is 1. The van der Waals surface area contributed by atoms with Gasteiger partial charge in [0.2, 0.25) is 5.91 Å². The quantitative estimate of drug-likeness (QED) is 0.520. The first kappa shape index (κ1) is 21.8. The number of hydrogen-bond donors (Lipinski definition) is 3. The number of carboxylic acids is 1. The van der Waals surface area contributed by atoms with Gasteiger partial charge in [-0.25, -0.2) is 0 Å². The zero-order valence-electron chi connectivity index (χ0n) is 17.9. The van der Waals surface area contributed by atoms with E-state index >= 15 is 0 Å². The molecular weight excluding hydrogens is 404 g/mol. The van der Waals surface area contributed by atoms with Crippen molar-refractivity contribution in [3.8, 4) is 22.3 Å². The van der Waals surface area contributed by atoms with Crippen molar-refractivity contribution in [2.45, 2.75) is 50.3 Å². The van der Waals surface area contributed by atoms with Crippen molar-refractivity contribution in [2.75, 3.05) is 0 Å². The van der Waals surface area contributed by atoms with E-state index in [0.717, 1.165) is 35.1 Å². The van der Waals surface area contributed by atoms with Crippen molar-refractivity contribution in [3.63, 3.8) is 0 Å². The predicted octanol–water partition coefficient (Wildman–Crippen LogP) is 4.26. The number of benzene rings is 2. The number of nitrogens with one attached hydrogen (secondary N) is 1. The second-order valence-electron chi connectivity index (χ2n) is 8.37. The van der Waals surface area contributed by atoms with Gasteiger partial charge >= 0.3 is 5.97 Å². The summed E-state index contributed by atoms with van der Waals surface area (Å²) in [6.45, 7) is 0. The van der Waals surface area contributed by atoms with Crippen molar-refractivity contribution in [3.05, 3.63) is 73.1 Å². The Morgan fingerprint density at radius 1 is 0.906 bits per heavy atom. The summed E-state index contributed by atoms with van der Waals surface area (Å²) < 4.78 is 1.65. The molecule has 0 radical (unpaired) electrons. The summed E-state index contributed by atoms with van der Waals surface area (Å²) in [5.74, 6) is -1.42. The van der Waals surface area contributed by atoms with Crippen LogP contribution in [-0.4, -0.2) is 38.8 Å². The molecule has 2 aromatic carbocycles. The topological polar surface area (TPSA) is 91.6 Å². The summed E-state index contributed by atoms with van der Waals surface area (Å²) in [6.07, 6.45) is 5.89. The van der Waals surface area contributed by atoms with Crippen molar-refractivity contribution in [2.24, 2.45) is 0 Å². The van der Waals surface area contributed by atoms with E-state index < -0.39 is 18.1 Å². The third kappa shape index (κ3) is 5.08. The molecule has 0 saturated heterocycles. The number of aliphatic hydroxyl groups is 1. The van der Waals surface area contributed by atoms with E-state index in [0.29, 0.717) is 12.8 Å². The maximum absolute atomic E-state index is 12.9. The lowest BCUT2D eigenvalue weighted by Crippen LogP contribution is -2.47. The van der Waals surface area contributed by atoms with Gasteiger partial charge in [-0.05, 0) is 41.2 Å². The molecule has 1 aromatic heterocycles. The Labute approximate surface area is 187 Å². The van der Waals surface area contributed by atoms with Gasteiger partial charge in [0.15, 0.2) is 0 Å². The number of carboxylic acid groups (broad SMARTS) is 1. The standard InChI is InChI=1S/C26H28N2O4/c29-24-9-5-4-8-22(24)27-26(32)23(16-25(30)31)28-15-14-21(17-28)20-12-10-19(11-13-20)18-6-2-1-3-7-18/h1-3,6-7,10-15,17,22-24,29H,4-5,8-9,16H2,(H,27,32)(H,30,31). The van der Waals surface area contributed by atoms with Crippen LogP contribution in [0.5, 0.6) is 0 Å². The summed E-state index contributed by atoms with van der Waals surface area (Å²) in [5.41, 5.74) is 4.15. The molecule has 1 aliphatic rings. The SMILES string of the molecule is O=C(O)CC(C(=O)NC1CCCCC1O)n1ccc(-c2ccc(-c3ccccc3)cc2)c1. The highest BCUT2D eigenvalue weighted by Gasteiger charge is 2.29. The van der Waals surface area contributed by atoms with Gasteiger partial charge in [-0.1, -0.05) is 67.4 Å². The smallest absolute Gasteiger partial charge is 0.306 e. The molecule has 0 bridgehead atoms. The molecule has 1 amide bonds. The molecule has 1 heterocycles. The Balaban J connectivity index is 1.52. The van der Waals surface area contributed by atoms with E-state index in [-0.39, 0.29) is 18.4 Å². The lowest BCUT2D eigenvalue weighted by atomic mass is 9.92. The van der Waals surface area contributed by atoms with Crippen LogP contribution in [0.4, 0.5) is 0 Å². The minimum Gasteiger partial charge on any atom is -0.481 e. The Morgan fingerprint density at radius 3 is 2.19 bits per heavy atom. The highest BCUT2D eigenvalue weighted by atomic mass is 16.4. The molecule has 0 aliphatic heterocycles. The van der Waals surface area contributed by atoms with Gasteiger partial charge < -0.3 is 20.1 Å². The lowest BCUT2D eigenvalue weighted by Gasteiger charge is -2.30. The molecule has 3 atom stereocenters. The van der Waals surface area contributed by atoms with Gasteiger partial charge in [-0.2, -0.15) is 0 Å². The average Bonchev–Trinajstić information content (AvgIpc) is 3.29. The van der Waals surface area contributed by atoms with Gasteiger partial charge in [0, 0.05) is 12.4 Å². The Morgan fingerprint density at radius 2 is 1.53 bits per heavy atom. The van der Waals surface area contributed by atoms with Gasteiger partial charge in [0.1, 0.15) is 6.04 Å². The fourth-order valence-corrected chi connectivity index (χ4v) is 4.32. The number of carbonyl (C=O) groups is 2. The van der Waals surface area contributed by atoms with E-state index in [1.807, 2.05) is 54.7 Å². The van der Waals surface area contributed by atoms with Crippen LogP contribution in [-0.2, 0) is 9.59 Å². The van der Waals surface area contributed by atoms with Gasteiger partial charge in [0.05, 0.1) is 18.6 Å². The first-order valence-electron chi connectivity index (χ1n) is 11.0. The summed E-state index contributed by atoms with van der Waals surface area (Å²) in [5, 5.41) is 22.4. The van der Waals surface area contributed by atoms with E-state index in [4.69, 9.17) is 0 Å². The molecule has 3 unspecified atom stereocenters. The zero-order valence-corrected chi connectivity index (χ0v) is 17.9. The van der Waals surface area contributed by atoms with Crippen molar-refractivity contribution in [1.29, 1.82) is 0 Å². The summed E-state index contributed by atoms with van der Waals surface area (Å²) in [7, 11) is 0. The third-order valence-electron chi connectivity index (χ3n) is 6.13. The number of carbonyl (C=O) groups excluding carboxylic acids is 1. The van der Waals surface area contributed by atoms with Crippen LogP contribution >= 0.6 is 0 Å². The van der Waals surface area contributed by atoms with Crippen LogP contribution in [0.3, 0.4) is 0 Å². The Kier molecular flexibility index (Phi) is 6.71. The van der Waals surface area contributed by atoms with Gasteiger partial charge in [-0.15, -0.1) is 0 Å². The van der Waals surface area contributed by atoms with E-state index in [2.05, 4.69) is 17.4 Å². The molecule has 166 valence electrons. The molecule has 4 rings (SSSR count). The fraction of sp³-hybridized carbons (Fsp3) is 0.308. The van der Waals surface area contributed by atoms with E-state index in [1.165, 1.54) is 0 Å². The number of aliphatic carboxylic acids is 1. The minimum atomic E-state index is -1.04. The van der Waals surface area contributed by atoms with Crippen LogP contribution in [0.15, 0.2) is 73.1 Å². The van der Waals surface area contributed by atoms with Gasteiger partial charge in [0.25, 0.3) is 0 Å². The summed E-state index contributed by atoms with van der Waals surface area (Å²) >= 11 is 0. The Bertz CT molecular complexity index is 1060. The van der Waals surface area contributed by atoms with Crippen molar-refractivity contribution >= 4 is 11.9 Å². The number of aliphatic hydroxyl groups excluding tert-OH is 1. The molecular formula is C26H28N2O4. The Hall–Kier alpha value is -3.38. The molecule has 3 aromatic rings. The second-order valence-corrected chi connectivity index (χ2v) is 8.37. The van der Waals surface area contributed by atoms with E-state index in [9.17, 15) is 19.8 Å². The first-order valence-corrected chi connectivity index (χ1v) is 11.0. The number of hydrogen-bond acceptors (Lipinski definition) is 3. The largest absolute Gasteiger partial charge is 0.481 e. The molecule has 32 heavy (non-hydrogen) atoms. The second kappa shape index (κ2) is 9.83. The molecule has 3 N–H and O–H groups in total. The predicted molar refractivity (Wildman–Crippen MR) is 123 cm³/mol. The molecule has 6 heteroatoms. The minimum absolute atomic E-state index is 0.324. The zero-order chi connectivity index (χ0) is 22.5. The molecule has 0 spiro atoms. The van der Waals surface area contributed by atoms with Gasteiger partial charge in [-0.3, -0.25) is 9.59 Å². The normalized spacial score (nSPS) is 19.3. The summed E-state index contributed by atoms with van der Waals surface area (Å²) in [4.78, 5) is 24.4. The van der Waals surface area contributed by atoms with Crippen LogP contribution in [0, 0.1) is 0 Å². The van der Waals surface area contributed by atoms with Crippen molar-refractivity contribution in [1.82, 2.24) is 9.88 Å². The maximum Gasteiger partial charge on any atom is 0.306 e. The maximum atomic E-state index is 12.9. The molecule has 1 fully saturated rings. The average molecular weight is 433 g/mol. The fourth-order valence-electron chi connectivity index (χ4n) is 4.32. The lowest BCUT2D eigenvalue weighted by molar-refractivity contribution is -0.141. The van der Waals surface area contributed by atoms with Crippen molar-refractivity contribution < 1.29 is 19.8 Å². The number of rotatable bonds is 7. The monoisotopic (exact) mass is 432 g/mol. The number of nitrogens with zero attached hydrogens (tertiary/aromatic N) is 1. The molecule has 6 nitrogen and oxygen atoms in total.